The number of hydrogen-bond acceptors (Lipinski definition) is 5. The Bertz CT molecular complexity index is 739. The van der Waals surface area contributed by atoms with Crippen molar-refractivity contribution in [2.75, 3.05) is 32.7 Å². The van der Waals surface area contributed by atoms with Gasteiger partial charge in [-0.1, -0.05) is 5.16 Å². The third-order valence-corrected chi connectivity index (χ3v) is 5.08. The molecule has 3 rings (SSSR count). The van der Waals surface area contributed by atoms with Crippen LogP contribution in [0, 0.1) is 20.8 Å². The number of aromatic nitrogens is 2. The molecule has 6 heteroatoms. The van der Waals surface area contributed by atoms with Crippen LogP contribution in [0.3, 0.4) is 0 Å². The van der Waals surface area contributed by atoms with Crippen molar-refractivity contribution in [3.8, 4) is 0 Å². The Hall–Kier alpha value is -1.92. The average Bonchev–Trinajstić information content (AvgIpc) is 3.12. The van der Waals surface area contributed by atoms with Crippen molar-refractivity contribution in [1.29, 1.82) is 0 Å². The van der Waals surface area contributed by atoms with Gasteiger partial charge in [-0.3, -0.25) is 14.6 Å². The third-order valence-electron chi connectivity index (χ3n) is 5.08. The molecule has 3 heterocycles. The Balaban J connectivity index is 1.52. The minimum atomic E-state index is 0.229. The minimum Gasteiger partial charge on any atom is -0.360 e. The second kappa shape index (κ2) is 7.54. The molecule has 2 aromatic rings. The van der Waals surface area contributed by atoms with E-state index in [2.05, 4.69) is 33.4 Å². The fourth-order valence-electron chi connectivity index (χ4n) is 3.68. The fraction of sp³-hybridized carbons (Fsp3) is 0.579. The summed E-state index contributed by atoms with van der Waals surface area (Å²) in [6.07, 6.45) is 0. The summed E-state index contributed by atoms with van der Waals surface area (Å²) in [6, 6.07) is 4.02. The molecular weight excluding hydrogens is 316 g/mol. The monoisotopic (exact) mass is 344 g/mol. The lowest BCUT2D eigenvalue weighted by atomic mass is 10.1. The average molecular weight is 344 g/mol. The molecule has 0 unspecified atom stereocenters. The van der Waals surface area contributed by atoms with Gasteiger partial charge in [0.2, 0.25) is 0 Å². The maximum absolute atomic E-state index is 12.7. The highest BCUT2D eigenvalue weighted by Gasteiger charge is 2.22. The molecule has 2 aromatic heterocycles. The molecular formula is C19H28N4O2. The fourth-order valence-corrected chi connectivity index (χ4v) is 3.68. The van der Waals surface area contributed by atoms with Gasteiger partial charge in [0.1, 0.15) is 0 Å². The summed E-state index contributed by atoms with van der Waals surface area (Å²) in [4.78, 5) is 17.3. The summed E-state index contributed by atoms with van der Waals surface area (Å²) in [5.74, 6) is 1.14. The summed E-state index contributed by atoms with van der Waals surface area (Å²) in [5, 5.41) is 3.94. The maximum Gasteiger partial charge on any atom is 0.178 e. The Labute approximate surface area is 149 Å². The van der Waals surface area contributed by atoms with Crippen molar-refractivity contribution in [2.45, 2.75) is 40.8 Å². The SMILES string of the molecule is CCn1c(C)cc(C(=O)CN2CCN(Cc3cc(C)no3)CC2)c1C. The molecule has 0 atom stereocenters. The van der Waals surface area contributed by atoms with E-state index in [1.54, 1.807) is 0 Å². The number of carbonyl (C=O) groups excluding carboxylic acids is 1. The standard InChI is InChI=1S/C19H28N4O2/c1-5-23-15(3)11-18(16(23)4)19(24)13-22-8-6-21(7-9-22)12-17-10-14(2)20-25-17/h10-11H,5-9,12-13H2,1-4H3. The smallest absolute Gasteiger partial charge is 0.178 e. The van der Waals surface area contributed by atoms with Crippen molar-refractivity contribution in [1.82, 2.24) is 19.5 Å². The lowest BCUT2D eigenvalue weighted by Crippen LogP contribution is -2.47. The van der Waals surface area contributed by atoms with E-state index in [-0.39, 0.29) is 5.78 Å². The zero-order valence-corrected chi connectivity index (χ0v) is 15.7. The van der Waals surface area contributed by atoms with Crippen molar-refractivity contribution in [2.24, 2.45) is 0 Å². The van der Waals surface area contributed by atoms with E-state index < -0.39 is 0 Å². The van der Waals surface area contributed by atoms with E-state index in [0.717, 1.165) is 67.7 Å². The first-order valence-corrected chi connectivity index (χ1v) is 9.04. The second-order valence-corrected chi connectivity index (χ2v) is 6.94. The molecule has 1 aliphatic heterocycles. The number of hydrogen-bond donors (Lipinski definition) is 0. The number of aryl methyl sites for hydroxylation is 2. The highest BCUT2D eigenvalue weighted by molar-refractivity contribution is 5.99. The number of rotatable bonds is 6. The van der Waals surface area contributed by atoms with E-state index >= 15 is 0 Å². The number of carbonyl (C=O) groups is 1. The van der Waals surface area contributed by atoms with Gasteiger partial charge in [-0.15, -0.1) is 0 Å². The van der Waals surface area contributed by atoms with Crippen molar-refractivity contribution >= 4 is 5.78 Å². The molecule has 0 N–H and O–H groups in total. The zero-order chi connectivity index (χ0) is 18.0. The Kier molecular flexibility index (Phi) is 5.39. The van der Waals surface area contributed by atoms with E-state index in [0.29, 0.717) is 6.54 Å². The van der Waals surface area contributed by atoms with Gasteiger partial charge in [0.05, 0.1) is 18.8 Å². The van der Waals surface area contributed by atoms with Gasteiger partial charge in [-0.2, -0.15) is 0 Å². The quantitative estimate of drug-likeness (QED) is 0.753. The van der Waals surface area contributed by atoms with Gasteiger partial charge in [0.25, 0.3) is 0 Å². The lowest BCUT2D eigenvalue weighted by Gasteiger charge is -2.33. The molecule has 136 valence electrons. The molecule has 0 aromatic carbocycles. The van der Waals surface area contributed by atoms with Crippen molar-refractivity contribution in [3.63, 3.8) is 0 Å². The topological polar surface area (TPSA) is 54.5 Å². The van der Waals surface area contributed by atoms with Crippen LogP contribution in [0.2, 0.25) is 0 Å². The molecule has 0 radical (unpaired) electrons. The highest BCUT2D eigenvalue weighted by atomic mass is 16.5. The van der Waals surface area contributed by atoms with Gasteiger partial charge in [0.15, 0.2) is 11.5 Å². The number of nitrogens with zero attached hydrogens (tertiary/aromatic N) is 4. The van der Waals surface area contributed by atoms with Gasteiger partial charge >= 0.3 is 0 Å². The molecule has 1 fully saturated rings. The number of Topliss-reactive ketones (excluding diaryl/α,β-unsaturated/α-hetero) is 1. The zero-order valence-electron chi connectivity index (χ0n) is 15.7. The van der Waals surface area contributed by atoms with Crippen LogP contribution in [0.15, 0.2) is 16.7 Å². The summed E-state index contributed by atoms with van der Waals surface area (Å²) in [5.41, 5.74) is 4.04. The predicted molar refractivity (Wildman–Crippen MR) is 96.9 cm³/mol. The number of ketones is 1. The van der Waals surface area contributed by atoms with Crippen molar-refractivity contribution < 1.29 is 9.32 Å². The molecule has 0 saturated carbocycles. The Morgan fingerprint density at radius 1 is 1.12 bits per heavy atom. The summed E-state index contributed by atoms with van der Waals surface area (Å²) >= 11 is 0. The van der Waals surface area contributed by atoms with Crippen LogP contribution in [0.1, 0.15) is 40.1 Å². The first kappa shape index (κ1) is 17.9. The largest absolute Gasteiger partial charge is 0.360 e. The van der Waals surface area contributed by atoms with E-state index in [9.17, 15) is 4.79 Å². The van der Waals surface area contributed by atoms with Crippen LogP contribution in [-0.2, 0) is 13.1 Å². The third kappa shape index (κ3) is 4.02. The number of piperazine rings is 1. The Morgan fingerprint density at radius 3 is 2.36 bits per heavy atom. The normalized spacial score (nSPS) is 16.5. The van der Waals surface area contributed by atoms with E-state index in [1.165, 1.54) is 0 Å². The second-order valence-electron chi connectivity index (χ2n) is 6.94. The van der Waals surface area contributed by atoms with Crippen LogP contribution >= 0.6 is 0 Å². The molecule has 0 aliphatic carbocycles. The summed E-state index contributed by atoms with van der Waals surface area (Å²) < 4.78 is 7.49. The molecule has 1 saturated heterocycles. The highest BCUT2D eigenvalue weighted by Crippen LogP contribution is 2.17. The summed E-state index contributed by atoms with van der Waals surface area (Å²) in [6.45, 7) is 14.1. The minimum absolute atomic E-state index is 0.229. The maximum atomic E-state index is 12.7. The first-order valence-electron chi connectivity index (χ1n) is 9.04. The molecule has 1 aliphatic rings. The molecule has 25 heavy (non-hydrogen) atoms. The van der Waals surface area contributed by atoms with Crippen LogP contribution in [0.4, 0.5) is 0 Å². The lowest BCUT2D eigenvalue weighted by molar-refractivity contribution is 0.0829. The van der Waals surface area contributed by atoms with Crippen LogP contribution in [0.5, 0.6) is 0 Å². The van der Waals surface area contributed by atoms with Crippen LogP contribution in [-0.4, -0.2) is 58.0 Å². The van der Waals surface area contributed by atoms with Gasteiger partial charge in [-0.25, -0.2) is 0 Å². The van der Waals surface area contributed by atoms with E-state index in [1.807, 2.05) is 26.0 Å². The van der Waals surface area contributed by atoms with Gasteiger partial charge in [0, 0.05) is 55.7 Å². The van der Waals surface area contributed by atoms with E-state index in [4.69, 9.17) is 4.52 Å². The van der Waals surface area contributed by atoms with Crippen LogP contribution < -0.4 is 0 Å². The summed E-state index contributed by atoms with van der Waals surface area (Å²) in [7, 11) is 0. The first-order chi connectivity index (χ1) is 12.0. The molecule has 0 bridgehead atoms. The Morgan fingerprint density at radius 2 is 1.80 bits per heavy atom. The van der Waals surface area contributed by atoms with Gasteiger partial charge in [-0.05, 0) is 33.8 Å². The van der Waals surface area contributed by atoms with Crippen LogP contribution in [0.25, 0.3) is 0 Å². The molecule has 0 amide bonds. The molecule has 0 spiro atoms. The molecule has 6 nitrogen and oxygen atoms in total. The van der Waals surface area contributed by atoms with Crippen molar-refractivity contribution in [3.05, 3.63) is 40.5 Å². The predicted octanol–water partition coefficient (Wildman–Crippen LogP) is 2.42. The van der Waals surface area contributed by atoms with Gasteiger partial charge < -0.3 is 9.09 Å².